The second-order valence-corrected chi connectivity index (χ2v) is 4.99. The number of nitrogens with one attached hydrogen (secondary N) is 1. The molecule has 5 nitrogen and oxygen atoms in total. The molecule has 2 aromatic rings. The molecule has 2 rings (SSSR count). The number of aromatic amines is 1. The summed E-state index contributed by atoms with van der Waals surface area (Å²) in [6, 6.07) is 4.99. The van der Waals surface area contributed by atoms with Crippen LogP contribution >= 0.6 is 11.6 Å². The van der Waals surface area contributed by atoms with Crippen LogP contribution < -0.4 is 11.2 Å². The Morgan fingerprint density at radius 3 is 2.76 bits per heavy atom. The molecule has 1 aromatic heterocycles. The van der Waals surface area contributed by atoms with Crippen LogP contribution in [-0.2, 0) is 4.74 Å². The zero-order valence-corrected chi connectivity index (χ0v) is 12.3. The molecule has 1 N–H and O–H groups in total. The van der Waals surface area contributed by atoms with Gasteiger partial charge < -0.3 is 4.74 Å². The van der Waals surface area contributed by atoms with Gasteiger partial charge in [0.25, 0.3) is 5.56 Å². The first-order valence-corrected chi connectivity index (χ1v) is 6.62. The average Bonchev–Trinajstić information content (AvgIpc) is 2.38. The summed E-state index contributed by atoms with van der Waals surface area (Å²) < 4.78 is 19.3. The minimum absolute atomic E-state index is 0.0544. The summed E-state index contributed by atoms with van der Waals surface area (Å²) in [7, 11) is 1.47. The number of H-pyrrole nitrogens is 1. The van der Waals surface area contributed by atoms with Gasteiger partial charge in [0.2, 0.25) is 0 Å². The summed E-state index contributed by atoms with van der Waals surface area (Å²) in [4.78, 5) is 26.8. The maximum Gasteiger partial charge on any atom is 0.329 e. The van der Waals surface area contributed by atoms with Gasteiger partial charge in [-0.3, -0.25) is 14.3 Å². The molecule has 1 atom stereocenters. The zero-order chi connectivity index (χ0) is 15.6. The first-order chi connectivity index (χ1) is 9.95. The lowest BCUT2D eigenvalue weighted by Gasteiger charge is -2.15. The highest BCUT2D eigenvalue weighted by Crippen LogP contribution is 2.22. The van der Waals surface area contributed by atoms with Crippen molar-refractivity contribution in [3.63, 3.8) is 0 Å². The molecule has 0 amide bonds. The molecule has 0 aliphatic carbocycles. The van der Waals surface area contributed by atoms with Crippen LogP contribution in [0.2, 0.25) is 5.15 Å². The molecule has 0 spiro atoms. The molecule has 112 valence electrons. The summed E-state index contributed by atoms with van der Waals surface area (Å²) >= 11 is 5.95. The Morgan fingerprint density at radius 2 is 2.14 bits per heavy atom. The molecule has 0 saturated carbocycles. The molecular formula is C14H14ClFN2O3. The maximum atomic E-state index is 13.3. The molecule has 21 heavy (non-hydrogen) atoms. The lowest BCUT2D eigenvalue weighted by molar-refractivity contribution is 0.159. The Balaban J connectivity index is 2.71. The monoisotopic (exact) mass is 312 g/mol. The van der Waals surface area contributed by atoms with Crippen molar-refractivity contribution in [2.75, 3.05) is 13.7 Å². The third kappa shape index (κ3) is 3.06. The van der Waals surface area contributed by atoms with Gasteiger partial charge in [0, 0.05) is 7.11 Å². The zero-order valence-electron chi connectivity index (χ0n) is 11.5. The third-order valence-electron chi connectivity index (χ3n) is 3.05. The van der Waals surface area contributed by atoms with Crippen molar-refractivity contribution in [3.8, 4) is 11.1 Å². The van der Waals surface area contributed by atoms with Crippen molar-refractivity contribution >= 4 is 11.6 Å². The number of methoxy groups -OCH3 is 1. The van der Waals surface area contributed by atoms with Crippen LogP contribution in [-0.4, -0.2) is 23.3 Å². The molecule has 0 fully saturated rings. The quantitative estimate of drug-likeness (QED) is 0.880. The molecule has 7 heteroatoms. The summed E-state index contributed by atoms with van der Waals surface area (Å²) in [5.41, 5.74) is -0.855. The maximum absolute atomic E-state index is 13.3. The highest BCUT2D eigenvalue weighted by Gasteiger charge is 2.18. The smallest absolute Gasteiger partial charge is 0.329 e. The Morgan fingerprint density at radius 1 is 1.43 bits per heavy atom. The molecule has 1 aromatic carbocycles. The summed E-state index contributed by atoms with van der Waals surface area (Å²) in [5.74, 6) is -0.495. The third-order valence-corrected chi connectivity index (χ3v) is 3.33. The van der Waals surface area contributed by atoms with E-state index in [2.05, 4.69) is 4.98 Å². The van der Waals surface area contributed by atoms with Crippen molar-refractivity contribution in [2.24, 2.45) is 0 Å². The molecule has 0 saturated heterocycles. The lowest BCUT2D eigenvalue weighted by Crippen LogP contribution is -2.39. The highest BCUT2D eigenvalue weighted by atomic mass is 35.5. The first-order valence-electron chi connectivity index (χ1n) is 6.25. The van der Waals surface area contributed by atoms with Gasteiger partial charge in [-0.25, -0.2) is 9.18 Å². The first kappa shape index (κ1) is 15.5. The normalized spacial score (nSPS) is 12.4. The number of benzene rings is 1. The van der Waals surface area contributed by atoms with Gasteiger partial charge in [0.1, 0.15) is 11.0 Å². The van der Waals surface area contributed by atoms with E-state index in [9.17, 15) is 14.0 Å². The Bertz CT molecular complexity index is 770. The number of aromatic nitrogens is 2. The van der Waals surface area contributed by atoms with Gasteiger partial charge in [-0.1, -0.05) is 23.7 Å². The van der Waals surface area contributed by atoms with Crippen molar-refractivity contribution in [3.05, 3.63) is 56.1 Å². The van der Waals surface area contributed by atoms with Crippen LogP contribution in [0, 0.1) is 5.82 Å². The van der Waals surface area contributed by atoms with E-state index in [4.69, 9.17) is 16.3 Å². The van der Waals surface area contributed by atoms with Crippen molar-refractivity contribution < 1.29 is 9.13 Å². The van der Waals surface area contributed by atoms with Crippen molar-refractivity contribution in [2.45, 2.75) is 13.0 Å². The van der Waals surface area contributed by atoms with E-state index in [1.54, 1.807) is 13.0 Å². The van der Waals surface area contributed by atoms with E-state index >= 15 is 0 Å². The van der Waals surface area contributed by atoms with Gasteiger partial charge >= 0.3 is 5.69 Å². The number of hydrogen-bond donors (Lipinski definition) is 1. The van der Waals surface area contributed by atoms with E-state index in [0.717, 1.165) is 4.57 Å². The topological polar surface area (TPSA) is 64.1 Å². The van der Waals surface area contributed by atoms with Crippen LogP contribution in [0.4, 0.5) is 4.39 Å². The second kappa shape index (κ2) is 6.24. The van der Waals surface area contributed by atoms with Crippen LogP contribution in [0.3, 0.4) is 0 Å². The SMILES string of the molecule is COCC(C)n1c(=O)[nH]c(Cl)c(-c2cccc(F)c2)c1=O. The summed E-state index contributed by atoms with van der Waals surface area (Å²) in [6.07, 6.45) is 0. The van der Waals surface area contributed by atoms with Crippen molar-refractivity contribution in [1.82, 2.24) is 9.55 Å². The highest BCUT2D eigenvalue weighted by molar-refractivity contribution is 6.32. The van der Waals surface area contributed by atoms with E-state index in [0.29, 0.717) is 5.56 Å². The summed E-state index contributed by atoms with van der Waals surface area (Å²) in [5, 5.41) is -0.114. The van der Waals surface area contributed by atoms with Gasteiger partial charge in [-0.15, -0.1) is 0 Å². The van der Waals surface area contributed by atoms with Gasteiger partial charge in [0.05, 0.1) is 18.2 Å². The Hall–Kier alpha value is -1.92. The number of halogens is 2. The number of rotatable bonds is 4. The van der Waals surface area contributed by atoms with E-state index < -0.39 is 23.1 Å². The number of ether oxygens (including phenoxy) is 1. The summed E-state index contributed by atoms with van der Waals surface area (Å²) in [6.45, 7) is 1.86. The molecule has 0 radical (unpaired) electrons. The fourth-order valence-electron chi connectivity index (χ4n) is 2.13. The number of nitrogens with zero attached hydrogens (tertiary/aromatic N) is 1. The average molecular weight is 313 g/mol. The van der Waals surface area contributed by atoms with E-state index in [1.165, 1.54) is 25.3 Å². The Kier molecular flexibility index (Phi) is 4.59. The Labute approximate surface area is 125 Å². The molecular weight excluding hydrogens is 299 g/mol. The molecule has 0 aliphatic rings. The second-order valence-electron chi connectivity index (χ2n) is 4.61. The van der Waals surface area contributed by atoms with E-state index in [-0.39, 0.29) is 17.3 Å². The largest absolute Gasteiger partial charge is 0.383 e. The fourth-order valence-corrected chi connectivity index (χ4v) is 2.40. The van der Waals surface area contributed by atoms with Crippen LogP contribution in [0.5, 0.6) is 0 Å². The van der Waals surface area contributed by atoms with Gasteiger partial charge in [-0.2, -0.15) is 0 Å². The lowest BCUT2D eigenvalue weighted by atomic mass is 10.1. The van der Waals surface area contributed by atoms with Crippen LogP contribution in [0.15, 0.2) is 33.9 Å². The minimum atomic E-state index is -0.630. The molecule has 1 heterocycles. The molecule has 0 aliphatic heterocycles. The minimum Gasteiger partial charge on any atom is -0.383 e. The fraction of sp³-hybridized carbons (Fsp3) is 0.286. The van der Waals surface area contributed by atoms with E-state index in [1.807, 2.05) is 0 Å². The number of hydrogen-bond acceptors (Lipinski definition) is 3. The standard InChI is InChI=1S/C14H14ClFN2O3/c1-8(7-21-2)18-13(19)11(12(15)17-14(18)20)9-4-3-5-10(16)6-9/h3-6,8H,7H2,1-2H3,(H,17,20). The predicted molar refractivity (Wildman–Crippen MR) is 78.3 cm³/mol. The predicted octanol–water partition coefficient (Wildman–Crippen LogP) is 2.20. The van der Waals surface area contributed by atoms with Crippen LogP contribution in [0.25, 0.3) is 11.1 Å². The van der Waals surface area contributed by atoms with Crippen molar-refractivity contribution in [1.29, 1.82) is 0 Å². The van der Waals surface area contributed by atoms with Gasteiger partial charge in [-0.05, 0) is 24.6 Å². The van der Waals surface area contributed by atoms with Crippen LogP contribution in [0.1, 0.15) is 13.0 Å². The molecule has 1 unspecified atom stereocenters. The van der Waals surface area contributed by atoms with Gasteiger partial charge in [0.15, 0.2) is 0 Å². The molecule has 0 bridgehead atoms.